The van der Waals surface area contributed by atoms with Gasteiger partial charge < -0.3 is 15.0 Å². The van der Waals surface area contributed by atoms with Crippen molar-refractivity contribution in [2.75, 3.05) is 25.0 Å². The van der Waals surface area contributed by atoms with Gasteiger partial charge in [-0.15, -0.1) is 0 Å². The molecule has 0 spiro atoms. The van der Waals surface area contributed by atoms with E-state index in [0.29, 0.717) is 60.0 Å². The van der Waals surface area contributed by atoms with Crippen molar-refractivity contribution in [1.29, 1.82) is 0 Å². The lowest BCUT2D eigenvalue weighted by Gasteiger charge is -2.39. The molecule has 1 aliphatic heterocycles. The number of benzene rings is 2. The summed E-state index contributed by atoms with van der Waals surface area (Å²) >= 11 is 0. The standard InChI is InChI=1S/C36H34F5N11O/c1-22-30(16-45-52(22)31-15-36(31,40)41)48-34-43-11-8-29(47-34)33-32(23-2-4-24(37)5-3-23)44-21-51(33)26-9-12-49(13-10-26)17-35(53,18-50-20-42-19-46-50)27-7-6-25(38)14-28(27)39/h2-8,11,14,16,19-21,26,31,53H,9-10,12-13,15,17-18H2,1H3,(H,43,47,48). The summed E-state index contributed by atoms with van der Waals surface area (Å²) in [6.07, 6.45) is 8.51. The molecule has 2 unspecified atom stereocenters. The van der Waals surface area contributed by atoms with Gasteiger partial charge in [-0.2, -0.15) is 10.2 Å². The molecule has 274 valence electrons. The maximum absolute atomic E-state index is 15.1. The van der Waals surface area contributed by atoms with Crippen molar-refractivity contribution in [3.8, 4) is 22.6 Å². The van der Waals surface area contributed by atoms with Crippen LogP contribution in [0.3, 0.4) is 0 Å². The van der Waals surface area contributed by atoms with Gasteiger partial charge >= 0.3 is 0 Å². The van der Waals surface area contributed by atoms with E-state index in [9.17, 15) is 22.7 Å². The number of likely N-dealkylation sites (tertiary alicyclic amines) is 1. The number of β-amino-alcohol motifs (C(OH)–C–C–N with tert-alkyl or cyclic N) is 1. The van der Waals surface area contributed by atoms with E-state index in [1.54, 1.807) is 37.6 Å². The maximum atomic E-state index is 15.1. The number of imidazole rings is 1. The molecule has 1 saturated carbocycles. The first-order valence-electron chi connectivity index (χ1n) is 17.1. The minimum Gasteiger partial charge on any atom is -0.382 e. The normalized spacial score (nSPS) is 18.6. The van der Waals surface area contributed by atoms with Crippen molar-refractivity contribution in [2.45, 2.75) is 56.3 Å². The van der Waals surface area contributed by atoms with E-state index in [2.05, 4.69) is 25.5 Å². The predicted molar refractivity (Wildman–Crippen MR) is 182 cm³/mol. The Morgan fingerprint density at radius 3 is 2.40 bits per heavy atom. The largest absolute Gasteiger partial charge is 0.382 e. The van der Waals surface area contributed by atoms with E-state index in [0.717, 1.165) is 12.1 Å². The molecule has 17 heteroatoms. The van der Waals surface area contributed by atoms with Crippen LogP contribution in [0.5, 0.6) is 0 Å². The Morgan fingerprint density at radius 2 is 1.70 bits per heavy atom. The number of anilines is 2. The van der Waals surface area contributed by atoms with Crippen LogP contribution < -0.4 is 5.32 Å². The first kappa shape index (κ1) is 34.5. The van der Waals surface area contributed by atoms with Gasteiger partial charge in [0.2, 0.25) is 5.95 Å². The fraction of sp³-hybridized carbons (Fsp3) is 0.333. The molecule has 0 amide bonds. The molecule has 53 heavy (non-hydrogen) atoms. The van der Waals surface area contributed by atoms with Crippen molar-refractivity contribution >= 4 is 11.6 Å². The number of nitrogens with zero attached hydrogens (tertiary/aromatic N) is 10. The molecule has 5 heterocycles. The number of aliphatic hydroxyl groups is 1. The van der Waals surface area contributed by atoms with Gasteiger partial charge in [0.1, 0.15) is 41.7 Å². The number of alkyl halides is 2. The van der Waals surface area contributed by atoms with Gasteiger partial charge in [0, 0.05) is 55.5 Å². The zero-order valence-electron chi connectivity index (χ0n) is 28.4. The molecule has 8 rings (SSSR count). The summed E-state index contributed by atoms with van der Waals surface area (Å²) in [5, 5.41) is 23.3. The van der Waals surface area contributed by atoms with Crippen molar-refractivity contribution < 1.29 is 27.1 Å². The topological polar surface area (TPSA) is 128 Å². The Labute approximate surface area is 300 Å². The average Bonchev–Trinajstić information content (AvgIpc) is 3.59. The van der Waals surface area contributed by atoms with Crippen LogP contribution in [0, 0.1) is 24.4 Å². The van der Waals surface area contributed by atoms with Gasteiger partial charge in [-0.05, 0) is 56.2 Å². The maximum Gasteiger partial charge on any atom is 0.272 e. The van der Waals surface area contributed by atoms with E-state index in [-0.39, 0.29) is 42.9 Å². The SMILES string of the molecule is Cc1c(Nc2nccc(-c3c(-c4ccc(F)cc4)ncn3C3CCN(CC(O)(Cn4cncn4)c4ccc(F)cc4F)CC3)n2)cnn1C1CC1(F)F. The third-order valence-corrected chi connectivity index (χ3v) is 9.95. The van der Waals surface area contributed by atoms with Crippen LogP contribution in [-0.2, 0) is 12.1 Å². The highest BCUT2D eigenvalue weighted by atomic mass is 19.3. The van der Waals surface area contributed by atoms with Crippen LogP contribution in [0.25, 0.3) is 22.6 Å². The molecule has 0 radical (unpaired) electrons. The molecule has 2 fully saturated rings. The second-order valence-electron chi connectivity index (χ2n) is 13.6. The summed E-state index contributed by atoms with van der Waals surface area (Å²) in [5.41, 5.74) is 1.68. The summed E-state index contributed by atoms with van der Waals surface area (Å²) in [4.78, 5) is 19.9. The van der Waals surface area contributed by atoms with Crippen molar-refractivity contribution in [3.63, 3.8) is 0 Å². The number of aromatic nitrogens is 9. The number of nitrogens with one attached hydrogen (secondary N) is 1. The molecule has 1 saturated heterocycles. The van der Waals surface area contributed by atoms with Crippen LogP contribution in [0.2, 0.25) is 0 Å². The Bertz CT molecular complexity index is 2230. The quantitative estimate of drug-likeness (QED) is 0.153. The van der Waals surface area contributed by atoms with Gasteiger partial charge in [0.05, 0.1) is 47.5 Å². The molecule has 2 atom stereocenters. The third kappa shape index (κ3) is 6.89. The van der Waals surface area contributed by atoms with Crippen molar-refractivity contribution in [3.05, 3.63) is 109 Å². The lowest BCUT2D eigenvalue weighted by atomic mass is 9.91. The zero-order valence-corrected chi connectivity index (χ0v) is 28.4. The molecular weight excluding hydrogens is 697 g/mol. The molecule has 4 aromatic heterocycles. The molecule has 2 aliphatic rings. The van der Waals surface area contributed by atoms with Gasteiger partial charge in [-0.1, -0.05) is 6.07 Å². The molecule has 0 bridgehead atoms. The molecular formula is C36H34F5N11O. The predicted octanol–water partition coefficient (Wildman–Crippen LogP) is 6.07. The van der Waals surface area contributed by atoms with Crippen molar-refractivity contribution in [1.82, 2.24) is 49.0 Å². The third-order valence-electron chi connectivity index (χ3n) is 9.95. The summed E-state index contributed by atoms with van der Waals surface area (Å²) < 4.78 is 75.2. The molecule has 12 nitrogen and oxygen atoms in total. The van der Waals surface area contributed by atoms with Crippen molar-refractivity contribution in [2.24, 2.45) is 0 Å². The summed E-state index contributed by atoms with van der Waals surface area (Å²) in [6, 6.07) is 9.83. The minimum absolute atomic E-state index is 0.0430. The second kappa shape index (κ2) is 13.5. The molecule has 2 N–H and O–H groups in total. The van der Waals surface area contributed by atoms with Gasteiger partial charge in [-0.3, -0.25) is 9.58 Å². The monoisotopic (exact) mass is 731 g/mol. The molecule has 1 aliphatic carbocycles. The highest BCUT2D eigenvalue weighted by molar-refractivity contribution is 5.77. The second-order valence-corrected chi connectivity index (χ2v) is 13.6. The van der Waals surface area contributed by atoms with Gasteiger partial charge in [-0.25, -0.2) is 46.6 Å². The van der Waals surface area contributed by atoms with E-state index in [1.807, 2.05) is 9.47 Å². The highest BCUT2D eigenvalue weighted by Crippen LogP contribution is 2.53. The van der Waals surface area contributed by atoms with E-state index in [4.69, 9.17) is 9.97 Å². The first-order valence-corrected chi connectivity index (χ1v) is 17.1. The minimum atomic E-state index is -2.78. The zero-order chi connectivity index (χ0) is 36.9. The Hall–Kier alpha value is -5.55. The number of hydrogen-bond donors (Lipinski definition) is 2. The lowest BCUT2D eigenvalue weighted by molar-refractivity contribution is -0.0282. The number of rotatable bonds is 11. The van der Waals surface area contributed by atoms with Gasteiger partial charge in [0.25, 0.3) is 5.92 Å². The van der Waals surface area contributed by atoms with Crippen LogP contribution in [-0.4, -0.2) is 79.6 Å². The van der Waals surface area contributed by atoms with Crippen LogP contribution in [0.4, 0.5) is 33.6 Å². The first-order chi connectivity index (χ1) is 25.5. The summed E-state index contributed by atoms with van der Waals surface area (Å²) in [6.45, 7) is 2.70. The van der Waals surface area contributed by atoms with Crippen LogP contribution in [0.15, 0.2) is 79.9 Å². The summed E-state index contributed by atoms with van der Waals surface area (Å²) in [5.74, 6) is -4.55. The Morgan fingerprint density at radius 1 is 0.943 bits per heavy atom. The van der Waals surface area contributed by atoms with E-state index in [1.165, 1.54) is 46.4 Å². The fourth-order valence-electron chi connectivity index (χ4n) is 7.10. The number of hydrogen-bond acceptors (Lipinski definition) is 9. The van der Waals surface area contributed by atoms with Crippen LogP contribution >= 0.6 is 0 Å². The number of piperidine rings is 1. The highest BCUT2D eigenvalue weighted by Gasteiger charge is 2.59. The molecule has 6 aromatic rings. The van der Waals surface area contributed by atoms with Crippen LogP contribution in [0.1, 0.15) is 42.6 Å². The van der Waals surface area contributed by atoms with E-state index < -0.39 is 29.2 Å². The van der Waals surface area contributed by atoms with E-state index >= 15 is 4.39 Å². The smallest absolute Gasteiger partial charge is 0.272 e. The van der Waals surface area contributed by atoms with Gasteiger partial charge in [0.15, 0.2) is 0 Å². The average molecular weight is 732 g/mol. The lowest BCUT2D eigenvalue weighted by Crippen LogP contribution is -2.47. The fourth-order valence-corrected chi connectivity index (χ4v) is 7.10. The number of halogens is 5. The summed E-state index contributed by atoms with van der Waals surface area (Å²) in [7, 11) is 0. The molecule has 2 aromatic carbocycles. The Kier molecular flexibility index (Phi) is 8.77. The Balaban J connectivity index is 1.06.